The van der Waals surface area contributed by atoms with Gasteiger partial charge in [0.1, 0.15) is 12.4 Å². The summed E-state index contributed by atoms with van der Waals surface area (Å²) in [6, 6.07) is 7.39. The fraction of sp³-hybridized carbons (Fsp3) is 0.350. The minimum Gasteiger partial charge on any atom is -0.493 e. The van der Waals surface area contributed by atoms with Gasteiger partial charge in [0.2, 0.25) is 0 Å². The molecule has 5 nitrogen and oxygen atoms in total. The zero-order valence-electron chi connectivity index (χ0n) is 16.2. The smallest absolute Gasteiger partial charge is 0.282 e. The van der Waals surface area contributed by atoms with E-state index >= 15 is 0 Å². The van der Waals surface area contributed by atoms with Crippen LogP contribution in [0.15, 0.2) is 30.3 Å². The molecular weight excluding hydrogens is 371 g/mol. The van der Waals surface area contributed by atoms with Crippen LogP contribution in [-0.4, -0.2) is 33.2 Å². The van der Waals surface area contributed by atoms with Crippen molar-refractivity contribution >= 4 is 23.2 Å². The molecule has 2 atom stereocenters. The molecule has 0 aliphatic heterocycles. The summed E-state index contributed by atoms with van der Waals surface area (Å²) in [5, 5.41) is 2.93. The third-order valence-electron chi connectivity index (χ3n) is 4.63. The van der Waals surface area contributed by atoms with Crippen LogP contribution in [-0.2, 0) is 11.3 Å². The van der Waals surface area contributed by atoms with E-state index in [2.05, 4.69) is 5.32 Å². The number of likely N-dealkylation sites (N-methyl/N-ethyl adjacent to an activating group) is 1. The number of carbonyl (C=O) groups is 1. The highest BCUT2D eigenvalue weighted by Gasteiger charge is 2.24. The Hall–Kier alpha value is -2.31. The lowest BCUT2D eigenvalue weighted by atomic mass is 10.1. The molecule has 0 radical (unpaired) electrons. The second-order valence-electron chi connectivity index (χ2n) is 6.49. The number of benzene rings is 2. The van der Waals surface area contributed by atoms with Crippen molar-refractivity contribution in [3.05, 3.63) is 52.3 Å². The number of anilines is 1. The minimum atomic E-state index is -0.447. The van der Waals surface area contributed by atoms with Crippen LogP contribution < -0.4 is 19.7 Å². The van der Waals surface area contributed by atoms with E-state index in [0.29, 0.717) is 23.7 Å². The lowest BCUT2D eigenvalue weighted by molar-refractivity contribution is -0.907. The summed E-state index contributed by atoms with van der Waals surface area (Å²) < 4.78 is 23.8. The first kappa shape index (κ1) is 21.0. The molecule has 27 heavy (non-hydrogen) atoms. The summed E-state index contributed by atoms with van der Waals surface area (Å²) in [7, 11) is 5.13. The highest BCUT2D eigenvalue weighted by Crippen LogP contribution is 2.30. The number of nitrogens with one attached hydrogen (secondary N) is 2. The van der Waals surface area contributed by atoms with E-state index in [1.54, 1.807) is 14.2 Å². The number of ether oxygens (including phenoxy) is 2. The van der Waals surface area contributed by atoms with Gasteiger partial charge in [-0.2, -0.15) is 0 Å². The van der Waals surface area contributed by atoms with Gasteiger partial charge in [-0.25, -0.2) is 4.39 Å². The van der Waals surface area contributed by atoms with Crippen molar-refractivity contribution in [1.82, 2.24) is 0 Å². The fourth-order valence-electron chi connectivity index (χ4n) is 2.72. The van der Waals surface area contributed by atoms with Gasteiger partial charge >= 0.3 is 0 Å². The second-order valence-corrected chi connectivity index (χ2v) is 6.90. The highest BCUT2D eigenvalue weighted by atomic mass is 35.5. The Kier molecular flexibility index (Phi) is 7.05. The first-order chi connectivity index (χ1) is 12.8. The summed E-state index contributed by atoms with van der Waals surface area (Å²) >= 11 is 5.98. The zero-order chi connectivity index (χ0) is 20.1. The van der Waals surface area contributed by atoms with E-state index in [0.717, 1.165) is 16.0 Å². The Morgan fingerprint density at radius 3 is 2.44 bits per heavy atom. The largest absolute Gasteiger partial charge is 0.493 e. The third kappa shape index (κ3) is 5.11. The lowest BCUT2D eigenvalue weighted by Gasteiger charge is -2.22. The van der Waals surface area contributed by atoms with E-state index in [-0.39, 0.29) is 17.0 Å². The Balaban J connectivity index is 2.10. The molecule has 1 amide bonds. The Labute approximate surface area is 164 Å². The number of hydrogen-bond acceptors (Lipinski definition) is 3. The van der Waals surface area contributed by atoms with Crippen molar-refractivity contribution in [2.24, 2.45) is 0 Å². The van der Waals surface area contributed by atoms with Crippen molar-refractivity contribution in [1.29, 1.82) is 0 Å². The van der Waals surface area contributed by atoms with Gasteiger partial charge in [0.15, 0.2) is 17.5 Å². The minimum absolute atomic E-state index is 0.170. The number of methoxy groups -OCH3 is 2. The van der Waals surface area contributed by atoms with E-state index in [1.165, 1.54) is 18.2 Å². The van der Waals surface area contributed by atoms with Crippen LogP contribution in [0.4, 0.5) is 10.1 Å². The van der Waals surface area contributed by atoms with Crippen LogP contribution in [0, 0.1) is 12.7 Å². The van der Waals surface area contributed by atoms with E-state index in [4.69, 9.17) is 21.1 Å². The van der Waals surface area contributed by atoms with E-state index in [1.807, 2.05) is 33.0 Å². The standard InChI is InChI=1S/C20H24ClFN2O3/c1-12-8-18(26-4)19(27-5)9-14(12)11-24(3)13(2)20(25)23-17-7-6-15(22)10-16(17)21/h6-10,13H,11H2,1-5H3,(H,23,25)/p+1/t13-/m1/s1. The Morgan fingerprint density at radius 2 is 1.85 bits per heavy atom. The number of amides is 1. The van der Waals surface area contributed by atoms with Gasteiger partial charge in [0.05, 0.1) is 32.0 Å². The molecule has 0 spiro atoms. The van der Waals surface area contributed by atoms with Crippen LogP contribution >= 0.6 is 11.6 Å². The average molecular weight is 396 g/mol. The first-order valence-corrected chi connectivity index (χ1v) is 8.94. The topological polar surface area (TPSA) is 52.0 Å². The van der Waals surface area contributed by atoms with Crippen molar-refractivity contribution < 1.29 is 23.6 Å². The molecule has 0 saturated heterocycles. The number of halogens is 2. The molecule has 0 bridgehead atoms. The molecule has 2 aromatic rings. The first-order valence-electron chi connectivity index (χ1n) is 8.56. The molecule has 7 heteroatoms. The van der Waals surface area contributed by atoms with Crippen LogP contribution in [0.2, 0.25) is 5.02 Å². The van der Waals surface area contributed by atoms with E-state index < -0.39 is 5.82 Å². The van der Waals surface area contributed by atoms with Crippen LogP contribution in [0.3, 0.4) is 0 Å². The van der Waals surface area contributed by atoms with Crippen molar-refractivity contribution in [2.75, 3.05) is 26.6 Å². The molecule has 0 aliphatic carbocycles. The average Bonchev–Trinajstić information content (AvgIpc) is 2.64. The van der Waals surface area contributed by atoms with Crippen LogP contribution in [0.25, 0.3) is 0 Å². The van der Waals surface area contributed by atoms with Crippen LogP contribution in [0.5, 0.6) is 11.5 Å². The molecule has 0 heterocycles. The molecule has 0 aliphatic rings. The highest BCUT2D eigenvalue weighted by molar-refractivity contribution is 6.33. The number of carbonyl (C=O) groups excluding carboxylic acids is 1. The maximum Gasteiger partial charge on any atom is 0.282 e. The number of hydrogen-bond donors (Lipinski definition) is 2. The molecule has 0 saturated carbocycles. The maximum atomic E-state index is 13.1. The molecule has 0 aromatic heterocycles. The number of quaternary nitrogens is 1. The summed E-state index contributed by atoms with van der Waals surface area (Å²) in [5.41, 5.74) is 2.51. The summed E-state index contributed by atoms with van der Waals surface area (Å²) in [6.07, 6.45) is 0. The summed E-state index contributed by atoms with van der Waals surface area (Å²) in [4.78, 5) is 13.5. The second kappa shape index (κ2) is 9.06. The fourth-order valence-corrected chi connectivity index (χ4v) is 2.94. The monoisotopic (exact) mass is 395 g/mol. The van der Waals surface area contributed by atoms with Crippen molar-refractivity contribution in [3.63, 3.8) is 0 Å². The summed E-state index contributed by atoms with van der Waals surface area (Å²) in [5.74, 6) is 0.686. The summed E-state index contributed by atoms with van der Waals surface area (Å²) in [6.45, 7) is 4.45. The normalized spacial score (nSPS) is 13.0. The molecule has 0 fully saturated rings. The van der Waals surface area contributed by atoms with Crippen molar-refractivity contribution in [2.45, 2.75) is 26.4 Å². The van der Waals surface area contributed by atoms with Gasteiger partial charge < -0.3 is 19.7 Å². The zero-order valence-corrected chi connectivity index (χ0v) is 16.9. The lowest BCUT2D eigenvalue weighted by Crippen LogP contribution is -3.12. The van der Waals surface area contributed by atoms with Gasteiger partial charge in [-0.3, -0.25) is 4.79 Å². The molecule has 2 rings (SSSR count). The van der Waals surface area contributed by atoms with Crippen molar-refractivity contribution in [3.8, 4) is 11.5 Å². The Morgan fingerprint density at radius 1 is 1.22 bits per heavy atom. The number of aryl methyl sites for hydroxylation is 1. The van der Waals surface area contributed by atoms with Gasteiger partial charge in [0, 0.05) is 5.56 Å². The van der Waals surface area contributed by atoms with Gasteiger partial charge in [-0.05, 0) is 49.7 Å². The predicted octanol–water partition coefficient (Wildman–Crippen LogP) is 2.85. The van der Waals surface area contributed by atoms with Gasteiger partial charge in [-0.1, -0.05) is 11.6 Å². The molecule has 146 valence electrons. The quantitative estimate of drug-likeness (QED) is 0.758. The maximum absolute atomic E-state index is 13.1. The van der Waals surface area contributed by atoms with Gasteiger partial charge in [-0.15, -0.1) is 0 Å². The number of rotatable bonds is 7. The van der Waals surface area contributed by atoms with Gasteiger partial charge in [0.25, 0.3) is 5.91 Å². The molecule has 1 unspecified atom stereocenters. The van der Waals surface area contributed by atoms with E-state index in [9.17, 15) is 9.18 Å². The molecular formula is C20H25ClFN2O3+. The SMILES string of the molecule is COc1cc(C)c(C[NH+](C)[C@H](C)C(=O)Nc2ccc(F)cc2Cl)cc1OC. The Bertz CT molecular complexity index is 829. The molecule has 2 N–H and O–H groups in total. The predicted molar refractivity (Wildman–Crippen MR) is 104 cm³/mol. The third-order valence-corrected chi connectivity index (χ3v) is 4.95. The molecule has 2 aromatic carbocycles. The van der Waals surface area contributed by atoms with Crippen LogP contribution in [0.1, 0.15) is 18.1 Å².